The molecule has 0 aliphatic carbocycles. The molecule has 0 bridgehead atoms. The van der Waals surface area contributed by atoms with Gasteiger partial charge in [-0.05, 0) is 13.0 Å². The van der Waals surface area contributed by atoms with Crippen molar-refractivity contribution in [2.75, 3.05) is 12.0 Å². The molecule has 0 amide bonds. The SMILES string of the molecule is CCOC(=O)Cc1csc(NN=Cc2cc([N+](=O)[O-])c(Cl)cc2Cl)n1. The van der Waals surface area contributed by atoms with E-state index in [1.54, 1.807) is 12.3 Å². The van der Waals surface area contributed by atoms with Gasteiger partial charge in [-0.1, -0.05) is 23.2 Å². The van der Waals surface area contributed by atoms with E-state index < -0.39 is 4.92 Å². The minimum Gasteiger partial charge on any atom is -0.466 e. The highest BCUT2D eigenvalue weighted by Crippen LogP contribution is 2.30. The predicted octanol–water partition coefficient (Wildman–Crippen LogP) is 3.91. The molecule has 0 aliphatic rings. The summed E-state index contributed by atoms with van der Waals surface area (Å²) in [5.74, 6) is -0.358. The number of carbonyl (C=O) groups excluding carboxylic acids is 1. The van der Waals surface area contributed by atoms with Gasteiger partial charge in [0.2, 0.25) is 5.13 Å². The van der Waals surface area contributed by atoms with Gasteiger partial charge in [-0.3, -0.25) is 20.3 Å². The van der Waals surface area contributed by atoms with Gasteiger partial charge in [-0.15, -0.1) is 11.3 Å². The average Bonchev–Trinajstić information content (AvgIpc) is 2.96. The molecule has 0 aliphatic heterocycles. The Balaban J connectivity index is 2.04. The normalized spacial score (nSPS) is 10.8. The molecular weight excluding hydrogens is 391 g/mol. The molecule has 0 saturated heterocycles. The van der Waals surface area contributed by atoms with Crippen LogP contribution in [0.4, 0.5) is 10.8 Å². The first-order valence-electron chi connectivity index (χ1n) is 6.93. The van der Waals surface area contributed by atoms with Crippen molar-refractivity contribution in [2.24, 2.45) is 5.10 Å². The second-order valence-electron chi connectivity index (χ2n) is 4.58. The van der Waals surface area contributed by atoms with Crippen molar-refractivity contribution >= 4 is 57.5 Å². The number of hydrazone groups is 1. The maximum atomic E-state index is 11.4. The van der Waals surface area contributed by atoms with Crippen LogP contribution in [0.1, 0.15) is 18.2 Å². The number of carbonyl (C=O) groups is 1. The highest BCUT2D eigenvalue weighted by molar-refractivity contribution is 7.13. The van der Waals surface area contributed by atoms with Crippen molar-refractivity contribution in [3.63, 3.8) is 0 Å². The molecule has 0 unspecified atom stereocenters. The van der Waals surface area contributed by atoms with Crippen LogP contribution in [-0.4, -0.2) is 28.7 Å². The Morgan fingerprint density at radius 1 is 1.48 bits per heavy atom. The number of hydrogen-bond acceptors (Lipinski definition) is 8. The van der Waals surface area contributed by atoms with E-state index >= 15 is 0 Å². The lowest BCUT2D eigenvalue weighted by molar-refractivity contribution is -0.384. The summed E-state index contributed by atoms with van der Waals surface area (Å²) in [6.07, 6.45) is 1.39. The molecule has 1 aromatic carbocycles. The number of benzene rings is 1. The Labute approximate surface area is 156 Å². The molecule has 11 heteroatoms. The zero-order valence-corrected chi connectivity index (χ0v) is 15.2. The molecule has 1 N–H and O–H groups in total. The monoisotopic (exact) mass is 402 g/mol. The fourth-order valence-corrected chi connectivity index (χ4v) is 2.91. The molecule has 1 heterocycles. The van der Waals surface area contributed by atoms with Crippen molar-refractivity contribution in [1.29, 1.82) is 0 Å². The van der Waals surface area contributed by atoms with Gasteiger partial charge in [0.15, 0.2) is 0 Å². The van der Waals surface area contributed by atoms with Crippen LogP contribution in [0, 0.1) is 10.1 Å². The van der Waals surface area contributed by atoms with Crippen LogP contribution in [0.25, 0.3) is 0 Å². The first kappa shape index (κ1) is 19.1. The van der Waals surface area contributed by atoms with Crippen LogP contribution in [0.2, 0.25) is 10.0 Å². The summed E-state index contributed by atoms with van der Waals surface area (Å²) >= 11 is 13.0. The third-order valence-corrected chi connectivity index (χ3v) is 4.24. The molecule has 25 heavy (non-hydrogen) atoms. The van der Waals surface area contributed by atoms with E-state index in [4.69, 9.17) is 27.9 Å². The first-order chi connectivity index (χ1) is 11.9. The Bertz CT molecular complexity index is 825. The highest BCUT2D eigenvalue weighted by Gasteiger charge is 2.15. The second-order valence-corrected chi connectivity index (χ2v) is 6.25. The van der Waals surface area contributed by atoms with Crippen LogP contribution in [-0.2, 0) is 16.0 Å². The zero-order valence-electron chi connectivity index (χ0n) is 12.9. The summed E-state index contributed by atoms with van der Waals surface area (Å²) in [5.41, 5.74) is 3.29. The van der Waals surface area contributed by atoms with Gasteiger partial charge >= 0.3 is 5.97 Å². The lowest BCUT2D eigenvalue weighted by Crippen LogP contribution is -2.07. The van der Waals surface area contributed by atoms with Crippen molar-refractivity contribution in [1.82, 2.24) is 4.98 Å². The van der Waals surface area contributed by atoms with Gasteiger partial charge in [0.25, 0.3) is 5.69 Å². The minimum absolute atomic E-state index is 0.0522. The van der Waals surface area contributed by atoms with Crippen molar-refractivity contribution in [2.45, 2.75) is 13.3 Å². The number of hydrogen-bond donors (Lipinski definition) is 1. The molecule has 132 valence electrons. The Morgan fingerprint density at radius 3 is 2.92 bits per heavy atom. The summed E-state index contributed by atoms with van der Waals surface area (Å²) in [6, 6.07) is 2.51. The number of aromatic nitrogens is 1. The number of ether oxygens (including phenoxy) is 1. The maximum absolute atomic E-state index is 11.4. The van der Waals surface area contributed by atoms with Gasteiger partial charge in [0, 0.05) is 17.0 Å². The van der Waals surface area contributed by atoms with Crippen LogP contribution >= 0.6 is 34.5 Å². The lowest BCUT2D eigenvalue weighted by atomic mass is 10.2. The quantitative estimate of drug-likeness (QED) is 0.325. The molecule has 8 nitrogen and oxygen atoms in total. The molecule has 0 spiro atoms. The average molecular weight is 403 g/mol. The topological polar surface area (TPSA) is 107 Å². The minimum atomic E-state index is -0.605. The van der Waals surface area contributed by atoms with Crippen LogP contribution in [0.5, 0.6) is 0 Å². The van der Waals surface area contributed by atoms with Crippen molar-refractivity contribution in [3.05, 3.63) is 48.9 Å². The summed E-state index contributed by atoms with van der Waals surface area (Å²) in [7, 11) is 0. The summed E-state index contributed by atoms with van der Waals surface area (Å²) in [4.78, 5) is 25.8. The van der Waals surface area contributed by atoms with Crippen molar-refractivity contribution < 1.29 is 14.5 Å². The third kappa shape index (κ3) is 5.38. The van der Waals surface area contributed by atoms with E-state index in [2.05, 4.69) is 15.5 Å². The van der Waals surface area contributed by atoms with E-state index in [0.717, 1.165) is 0 Å². The molecule has 0 fully saturated rings. The number of nitrogens with one attached hydrogen (secondary N) is 1. The molecule has 0 radical (unpaired) electrons. The van der Waals surface area contributed by atoms with E-state index in [1.165, 1.54) is 29.7 Å². The zero-order chi connectivity index (χ0) is 18.4. The second kappa shape index (κ2) is 8.75. The van der Waals surface area contributed by atoms with Crippen molar-refractivity contribution in [3.8, 4) is 0 Å². The third-order valence-electron chi connectivity index (χ3n) is 2.81. The largest absolute Gasteiger partial charge is 0.466 e. The number of esters is 1. The first-order valence-corrected chi connectivity index (χ1v) is 8.56. The molecular formula is C14H12Cl2N4O4S. The van der Waals surface area contributed by atoms with Gasteiger partial charge in [0.1, 0.15) is 5.02 Å². The van der Waals surface area contributed by atoms with Gasteiger partial charge in [-0.25, -0.2) is 4.98 Å². The van der Waals surface area contributed by atoms with Gasteiger partial charge in [-0.2, -0.15) is 5.10 Å². The molecule has 2 aromatic rings. The fraction of sp³-hybridized carbons (Fsp3) is 0.214. The van der Waals surface area contributed by atoms with E-state index in [9.17, 15) is 14.9 Å². The lowest BCUT2D eigenvalue weighted by Gasteiger charge is -2.01. The standard InChI is InChI=1S/C14H12Cl2N4O4S/c1-2-24-13(21)4-9-7-25-14(18-9)19-17-6-8-3-12(20(22)23)11(16)5-10(8)15/h3,5-7H,2,4H2,1H3,(H,18,19). The smallest absolute Gasteiger partial charge is 0.311 e. The van der Waals surface area contributed by atoms with Crippen LogP contribution in [0.3, 0.4) is 0 Å². The van der Waals surface area contributed by atoms with E-state index in [-0.39, 0.29) is 28.1 Å². The summed E-state index contributed by atoms with van der Waals surface area (Å²) in [6.45, 7) is 2.04. The van der Waals surface area contributed by atoms with Gasteiger partial charge in [0.05, 0.1) is 34.9 Å². The molecule has 1 aromatic heterocycles. The Kier molecular flexibility index (Phi) is 6.68. The Hall–Kier alpha value is -2.23. The summed E-state index contributed by atoms with van der Waals surface area (Å²) in [5, 5.41) is 17.2. The number of nitrogens with zero attached hydrogens (tertiary/aromatic N) is 3. The predicted molar refractivity (Wildman–Crippen MR) is 96.8 cm³/mol. The number of nitro groups is 1. The highest BCUT2D eigenvalue weighted by atomic mass is 35.5. The fourth-order valence-electron chi connectivity index (χ4n) is 1.75. The molecule has 2 rings (SSSR count). The number of anilines is 1. The van der Waals surface area contributed by atoms with Gasteiger partial charge < -0.3 is 4.74 Å². The Morgan fingerprint density at radius 2 is 2.24 bits per heavy atom. The van der Waals surface area contributed by atoms with Crippen LogP contribution in [0.15, 0.2) is 22.6 Å². The number of thiazole rings is 1. The maximum Gasteiger partial charge on any atom is 0.311 e. The number of halogens is 2. The number of nitro benzene ring substituents is 1. The number of rotatable bonds is 7. The van der Waals surface area contributed by atoms with E-state index in [1.807, 2.05) is 0 Å². The van der Waals surface area contributed by atoms with E-state index in [0.29, 0.717) is 23.0 Å². The molecule has 0 saturated carbocycles. The van der Waals surface area contributed by atoms with Crippen LogP contribution < -0.4 is 5.43 Å². The molecule has 0 atom stereocenters. The summed E-state index contributed by atoms with van der Waals surface area (Å²) < 4.78 is 4.84.